The van der Waals surface area contributed by atoms with E-state index in [1.54, 1.807) is 13.8 Å². The number of rotatable bonds is 5. The van der Waals surface area contributed by atoms with Crippen molar-refractivity contribution in [1.29, 1.82) is 0 Å². The van der Waals surface area contributed by atoms with E-state index in [9.17, 15) is 13.6 Å². The molecular formula is C12H15F2NO2. The van der Waals surface area contributed by atoms with E-state index in [0.717, 1.165) is 6.07 Å². The van der Waals surface area contributed by atoms with Gasteiger partial charge in [0.1, 0.15) is 0 Å². The lowest BCUT2D eigenvalue weighted by Gasteiger charge is -2.14. The minimum absolute atomic E-state index is 0.0367. The highest BCUT2D eigenvalue weighted by atomic mass is 19.2. The third kappa shape index (κ3) is 3.78. The maximum atomic E-state index is 13.4. The maximum Gasteiger partial charge on any atom is 0.319 e. The fourth-order valence-corrected chi connectivity index (χ4v) is 1.41. The largest absolute Gasteiger partial charge is 0.465 e. The Labute approximate surface area is 98.8 Å². The van der Waals surface area contributed by atoms with Crippen LogP contribution >= 0.6 is 0 Å². The summed E-state index contributed by atoms with van der Waals surface area (Å²) < 4.78 is 31.1. The van der Waals surface area contributed by atoms with Gasteiger partial charge in [-0.25, -0.2) is 8.78 Å². The molecule has 1 aromatic carbocycles. The second kappa shape index (κ2) is 6.30. The molecule has 17 heavy (non-hydrogen) atoms. The first kappa shape index (κ1) is 13.6. The lowest BCUT2D eigenvalue weighted by molar-refractivity contribution is -0.142. The summed E-state index contributed by atoms with van der Waals surface area (Å²) in [5, 5.41) is 2.77. The van der Waals surface area contributed by atoms with E-state index in [-0.39, 0.29) is 12.1 Å². The Balaban J connectivity index is 2.61. The minimum atomic E-state index is -0.896. The highest BCUT2D eigenvalue weighted by Gasteiger charge is 2.14. The molecule has 5 heteroatoms. The third-order valence-corrected chi connectivity index (χ3v) is 2.31. The van der Waals surface area contributed by atoms with Crippen LogP contribution in [0.2, 0.25) is 0 Å². The Hall–Kier alpha value is -1.49. The van der Waals surface area contributed by atoms with Crippen molar-refractivity contribution in [1.82, 2.24) is 5.32 Å². The smallest absolute Gasteiger partial charge is 0.319 e. The van der Waals surface area contributed by atoms with Gasteiger partial charge < -0.3 is 10.1 Å². The number of benzene rings is 1. The van der Waals surface area contributed by atoms with E-state index < -0.39 is 23.6 Å². The summed E-state index contributed by atoms with van der Waals surface area (Å²) in [6, 6.07) is 3.49. The maximum absolute atomic E-state index is 13.4. The molecule has 0 aliphatic carbocycles. The van der Waals surface area contributed by atoms with Crippen LogP contribution in [-0.2, 0) is 9.53 Å². The van der Waals surface area contributed by atoms with Crippen molar-refractivity contribution in [3.8, 4) is 0 Å². The van der Waals surface area contributed by atoms with Gasteiger partial charge in [-0.1, -0.05) is 12.1 Å². The SMILES string of the molecule is CCOC(=O)CNC(C)c1cccc(F)c1F. The van der Waals surface area contributed by atoms with Crippen LogP contribution in [0.5, 0.6) is 0 Å². The zero-order valence-electron chi connectivity index (χ0n) is 9.80. The third-order valence-electron chi connectivity index (χ3n) is 2.31. The zero-order valence-corrected chi connectivity index (χ0v) is 9.80. The van der Waals surface area contributed by atoms with E-state index in [0.29, 0.717) is 6.61 Å². The number of nitrogens with one attached hydrogen (secondary N) is 1. The molecule has 1 unspecified atom stereocenters. The van der Waals surface area contributed by atoms with Crippen molar-refractivity contribution in [2.75, 3.05) is 13.2 Å². The van der Waals surface area contributed by atoms with Crippen LogP contribution in [0, 0.1) is 11.6 Å². The number of carbonyl (C=O) groups is 1. The molecule has 0 saturated heterocycles. The van der Waals surface area contributed by atoms with Crippen LogP contribution in [-0.4, -0.2) is 19.1 Å². The van der Waals surface area contributed by atoms with Crippen LogP contribution in [0.25, 0.3) is 0 Å². The normalized spacial score (nSPS) is 12.2. The minimum Gasteiger partial charge on any atom is -0.465 e. The standard InChI is InChI=1S/C12H15F2NO2/c1-3-17-11(16)7-15-8(2)9-5-4-6-10(13)12(9)14/h4-6,8,15H,3,7H2,1-2H3. The highest BCUT2D eigenvalue weighted by Crippen LogP contribution is 2.18. The lowest BCUT2D eigenvalue weighted by Crippen LogP contribution is -2.28. The quantitative estimate of drug-likeness (QED) is 0.805. The average molecular weight is 243 g/mol. The first-order valence-electron chi connectivity index (χ1n) is 5.39. The number of ether oxygens (including phenoxy) is 1. The van der Waals surface area contributed by atoms with Crippen LogP contribution in [0.3, 0.4) is 0 Å². The van der Waals surface area contributed by atoms with Crippen LogP contribution in [0.15, 0.2) is 18.2 Å². The summed E-state index contributed by atoms with van der Waals surface area (Å²) in [4.78, 5) is 11.1. The summed E-state index contributed by atoms with van der Waals surface area (Å²) in [5.41, 5.74) is 0.189. The van der Waals surface area contributed by atoms with Crippen molar-refractivity contribution in [2.45, 2.75) is 19.9 Å². The fourth-order valence-electron chi connectivity index (χ4n) is 1.41. The molecule has 1 aromatic rings. The second-order valence-electron chi connectivity index (χ2n) is 3.55. The molecule has 1 rings (SSSR count). The second-order valence-corrected chi connectivity index (χ2v) is 3.55. The molecule has 1 atom stereocenters. The molecule has 94 valence electrons. The molecule has 0 fully saturated rings. The molecule has 0 aromatic heterocycles. The highest BCUT2D eigenvalue weighted by molar-refractivity contribution is 5.71. The Bertz CT molecular complexity index is 396. The van der Waals surface area contributed by atoms with Crippen LogP contribution < -0.4 is 5.32 Å². The van der Waals surface area contributed by atoms with Gasteiger partial charge >= 0.3 is 5.97 Å². The zero-order chi connectivity index (χ0) is 12.8. The van der Waals surface area contributed by atoms with Gasteiger partial charge in [-0.15, -0.1) is 0 Å². The van der Waals surface area contributed by atoms with Gasteiger partial charge in [-0.05, 0) is 19.9 Å². The molecular weight excluding hydrogens is 228 g/mol. The van der Waals surface area contributed by atoms with E-state index in [4.69, 9.17) is 4.74 Å². The number of esters is 1. The van der Waals surface area contributed by atoms with Crippen LogP contribution in [0.1, 0.15) is 25.5 Å². The molecule has 3 nitrogen and oxygen atoms in total. The Morgan fingerprint density at radius 2 is 2.18 bits per heavy atom. The van der Waals surface area contributed by atoms with Crippen molar-refractivity contribution in [3.05, 3.63) is 35.4 Å². The van der Waals surface area contributed by atoms with Gasteiger partial charge in [-0.2, -0.15) is 0 Å². The molecule has 0 heterocycles. The Kier molecular flexibility index (Phi) is 5.03. The average Bonchev–Trinajstić information content (AvgIpc) is 2.30. The summed E-state index contributed by atoms with van der Waals surface area (Å²) in [7, 11) is 0. The van der Waals surface area contributed by atoms with Crippen molar-refractivity contribution in [2.24, 2.45) is 0 Å². The molecule has 0 amide bonds. The van der Waals surface area contributed by atoms with E-state index >= 15 is 0 Å². The number of hydrogen-bond acceptors (Lipinski definition) is 3. The predicted molar refractivity (Wildman–Crippen MR) is 59.4 cm³/mol. The van der Waals surface area contributed by atoms with Gasteiger partial charge in [0.15, 0.2) is 11.6 Å². The molecule has 0 radical (unpaired) electrons. The first-order chi connectivity index (χ1) is 8.06. The summed E-state index contributed by atoms with van der Waals surface area (Å²) >= 11 is 0. The van der Waals surface area contributed by atoms with Gasteiger partial charge in [0.25, 0.3) is 0 Å². The Morgan fingerprint density at radius 1 is 1.47 bits per heavy atom. The topological polar surface area (TPSA) is 38.3 Å². The number of halogens is 2. The molecule has 0 aliphatic rings. The van der Waals surface area contributed by atoms with Gasteiger partial charge in [0.2, 0.25) is 0 Å². The van der Waals surface area contributed by atoms with Crippen LogP contribution in [0.4, 0.5) is 8.78 Å². The van der Waals surface area contributed by atoms with E-state index in [1.807, 2.05) is 0 Å². The van der Waals surface area contributed by atoms with Gasteiger partial charge in [0.05, 0.1) is 13.2 Å². The van der Waals surface area contributed by atoms with Gasteiger partial charge in [0, 0.05) is 11.6 Å². The van der Waals surface area contributed by atoms with Gasteiger partial charge in [-0.3, -0.25) is 4.79 Å². The number of hydrogen-bond donors (Lipinski definition) is 1. The van der Waals surface area contributed by atoms with Crippen molar-refractivity contribution in [3.63, 3.8) is 0 Å². The number of carbonyl (C=O) groups excluding carboxylic acids is 1. The molecule has 0 saturated carbocycles. The molecule has 0 spiro atoms. The molecule has 1 N–H and O–H groups in total. The summed E-state index contributed by atoms with van der Waals surface area (Å²) in [6.45, 7) is 3.61. The summed E-state index contributed by atoms with van der Waals surface area (Å²) in [6.07, 6.45) is 0. The fraction of sp³-hybridized carbons (Fsp3) is 0.417. The first-order valence-corrected chi connectivity index (χ1v) is 5.39. The molecule has 0 aliphatic heterocycles. The summed E-state index contributed by atoms with van der Waals surface area (Å²) in [5.74, 6) is -2.21. The molecule has 0 bridgehead atoms. The van der Waals surface area contributed by atoms with Crippen molar-refractivity contribution < 1.29 is 18.3 Å². The van der Waals surface area contributed by atoms with E-state index in [2.05, 4.69) is 5.32 Å². The van der Waals surface area contributed by atoms with E-state index in [1.165, 1.54) is 12.1 Å². The van der Waals surface area contributed by atoms with Crippen molar-refractivity contribution >= 4 is 5.97 Å². The predicted octanol–water partition coefficient (Wildman–Crippen LogP) is 2.18. The Morgan fingerprint density at radius 3 is 2.82 bits per heavy atom. The monoisotopic (exact) mass is 243 g/mol. The lowest BCUT2D eigenvalue weighted by atomic mass is 10.1.